The third-order valence-electron chi connectivity index (χ3n) is 2.96. The lowest BCUT2D eigenvalue weighted by Gasteiger charge is -2.03. The normalized spacial score (nSPS) is 10.2. The van der Waals surface area contributed by atoms with E-state index in [0.717, 1.165) is 0 Å². The van der Waals surface area contributed by atoms with E-state index in [1.165, 1.54) is 0 Å². The SMILES string of the molecule is Nc1nc(N)nc(N)n1.Nc1nc(N)nc(N)n1.Nc1nc(N)nc(N)n1.Nc1nc(N)nc(N)n1.O=P(O)(O)OP(=O)(O)O. The van der Waals surface area contributed by atoms with Gasteiger partial charge in [0.25, 0.3) is 0 Å². The van der Waals surface area contributed by atoms with E-state index in [4.69, 9.17) is 88.4 Å². The lowest BCUT2D eigenvalue weighted by atomic mass is 10.9. The zero-order valence-corrected chi connectivity index (χ0v) is 24.0. The van der Waals surface area contributed by atoms with Gasteiger partial charge in [-0.2, -0.15) is 64.1 Å². The number of rotatable bonds is 2. The van der Waals surface area contributed by atoms with E-state index in [1.54, 1.807) is 0 Å². The molecule has 4 rings (SSSR count). The molecule has 0 spiro atoms. The molecule has 248 valence electrons. The molecule has 31 nitrogen and oxygen atoms in total. The fourth-order valence-electron chi connectivity index (χ4n) is 1.85. The minimum absolute atomic E-state index is 0.0417. The van der Waals surface area contributed by atoms with E-state index in [1.807, 2.05) is 0 Å². The van der Waals surface area contributed by atoms with Crippen molar-refractivity contribution in [3.8, 4) is 0 Å². The maximum absolute atomic E-state index is 9.63. The van der Waals surface area contributed by atoms with Crippen LogP contribution in [-0.4, -0.2) is 79.4 Å². The van der Waals surface area contributed by atoms with Crippen molar-refractivity contribution in [2.45, 2.75) is 0 Å². The van der Waals surface area contributed by atoms with Crippen LogP contribution >= 0.6 is 15.6 Å². The molecule has 0 radical (unpaired) electrons. The van der Waals surface area contributed by atoms with Crippen molar-refractivity contribution in [2.24, 2.45) is 0 Å². The predicted octanol–water partition coefficient (Wildman–Crippen LogP) is -6.34. The molecule has 0 amide bonds. The Morgan fingerprint density at radius 2 is 0.400 bits per heavy atom. The van der Waals surface area contributed by atoms with E-state index in [9.17, 15) is 9.13 Å². The highest BCUT2D eigenvalue weighted by molar-refractivity contribution is 7.60. The van der Waals surface area contributed by atoms with Crippen molar-refractivity contribution in [3.05, 3.63) is 0 Å². The molecule has 0 saturated carbocycles. The van der Waals surface area contributed by atoms with Gasteiger partial charge in [-0.05, 0) is 0 Å². The number of hydrogen-bond acceptors (Lipinski definition) is 27. The molecule has 4 aromatic rings. The molecule has 45 heavy (non-hydrogen) atoms. The number of phosphoric acid groups is 2. The zero-order chi connectivity index (χ0) is 35.1. The van der Waals surface area contributed by atoms with Crippen molar-refractivity contribution in [3.63, 3.8) is 0 Å². The number of nitrogens with two attached hydrogens (primary N) is 12. The number of nitrogen functional groups attached to an aromatic ring is 12. The first kappa shape index (κ1) is 38.9. The lowest BCUT2D eigenvalue weighted by molar-refractivity contribution is 0.225. The fourth-order valence-corrected chi connectivity index (χ4v) is 2.96. The summed E-state index contributed by atoms with van der Waals surface area (Å²) in [6.07, 6.45) is 0. The third-order valence-corrected chi connectivity index (χ3v) is 4.66. The average Bonchev–Trinajstić information content (AvgIpc) is 2.74. The van der Waals surface area contributed by atoms with Crippen LogP contribution in [0.5, 0.6) is 0 Å². The number of aromatic nitrogens is 12. The second kappa shape index (κ2) is 17.1. The summed E-state index contributed by atoms with van der Waals surface area (Å²) in [7, 11) is -10.1. The third kappa shape index (κ3) is 21.3. The van der Waals surface area contributed by atoms with Gasteiger partial charge in [0.1, 0.15) is 0 Å². The highest BCUT2D eigenvalue weighted by Crippen LogP contribution is 2.53. The summed E-state index contributed by atoms with van der Waals surface area (Å²) < 4.78 is 22.2. The first-order valence-corrected chi connectivity index (χ1v) is 13.4. The van der Waals surface area contributed by atoms with Gasteiger partial charge in [0, 0.05) is 0 Å². The molecule has 0 atom stereocenters. The Balaban J connectivity index is 0.000000538. The summed E-state index contributed by atoms with van der Waals surface area (Å²) in [4.78, 5) is 72.9. The van der Waals surface area contributed by atoms with Crippen LogP contribution in [0.2, 0.25) is 0 Å². The van der Waals surface area contributed by atoms with Crippen molar-refractivity contribution < 1.29 is 33.0 Å². The first-order valence-electron chi connectivity index (χ1n) is 10.4. The molecule has 0 saturated heterocycles. The molecule has 4 aromatic heterocycles. The van der Waals surface area contributed by atoms with Crippen molar-refractivity contribution in [1.29, 1.82) is 0 Å². The fraction of sp³-hybridized carbons (Fsp3) is 0. The van der Waals surface area contributed by atoms with Gasteiger partial charge in [-0.3, -0.25) is 0 Å². The summed E-state index contributed by atoms with van der Waals surface area (Å²) in [5.41, 5.74) is 61.6. The summed E-state index contributed by atoms with van der Waals surface area (Å²) >= 11 is 0. The van der Waals surface area contributed by atoms with E-state index >= 15 is 0 Å². The molecule has 0 unspecified atom stereocenters. The Hall–Kier alpha value is -6.10. The maximum Gasteiger partial charge on any atom is 0.478 e. The predicted molar refractivity (Wildman–Crippen MR) is 157 cm³/mol. The van der Waals surface area contributed by atoms with Crippen LogP contribution in [0.1, 0.15) is 0 Å². The van der Waals surface area contributed by atoms with Crippen LogP contribution in [0.4, 0.5) is 71.4 Å². The lowest BCUT2D eigenvalue weighted by Crippen LogP contribution is -2.05. The molecule has 0 aliphatic heterocycles. The van der Waals surface area contributed by atoms with Crippen LogP contribution in [0.25, 0.3) is 0 Å². The smallest absolute Gasteiger partial charge is 0.368 e. The minimum atomic E-state index is -5.05. The Morgan fingerprint density at radius 3 is 0.444 bits per heavy atom. The Labute approximate surface area is 249 Å². The molecule has 0 fully saturated rings. The molecule has 33 heteroatoms. The number of nitrogens with zero attached hydrogens (tertiary/aromatic N) is 12. The van der Waals surface area contributed by atoms with Crippen LogP contribution in [-0.2, 0) is 13.4 Å². The Kier molecular flexibility index (Phi) is 14.8. The van der Waals surface area contributed by atoms with E-state index in [-0.39, 0.29) is 71.4 Å². The second-order valence-corrected chi connectivity index (χ2v) is 9.32. The molecule has 28 N–H and O–H groups in total. The summed E-state index contributed by atoms with van der Waals surface area (Å²) in [5.74, 6) is 0.500. The van der Waals surface area contributed by atoms with E-state index in [2.05, 4.69) is 64.1 Å². The van der Waals surface area contributed by atoms with Crippen molar-refractivity contribution >= 4 is 87.0 Å². The van der Waals surface area contributed by atoms with Crippen LogP contribution < -0.4 is 68.8 Å². The molecule has 4 heterocycles. The average molecular weight is 682 g/mol. The molecule has 0 aromatic carbocycles. The van der Waals surface area contributed by atoms with Crippen LogP contribution in [0.15, 0.2) is 0 Å². The van der Waals surface area contributed by atoms with Gasteiger partial charge < -0.3 is 88.4 Å². The number of hydrogen-bond donors (Lipinski definition) is 16. The molecular weight excluding hydrogens is 654 g/mol. The number of anilines is 12. The van der Waals surface area contributed by atoms with Crippen molar-refractivity contribution in [1.82, 2.24) is 59.8 Å². The maximum atomic E-state index is 9.63. The van der Waals surface area contributed by atoms with Gasteiger partial charge in [0.05, 0.1) is 0 Å². The van der Waals surface area contributed by atoms with Gasteiger partial charge in [-0.15, -0.1) is 0 Å². The van der Waals surface area contributed by atoms with Gasteiger partial charge in [0.15, 0.2) is 0 Å². The summed E-state index contributed by atoms with van der Waals surface area (Å²) in [6.45, 7) is 0. The quantitative estimate of drug-likeness (QED) is 0.0874. The van der Waals surface area contributed by atoms with Gasteiger partial charge in [-0.25, -0.2) is 9.13 Å². The minimum Gasteiger partial charge on any atom is -0.368 e. The standard InChI is InChI=1S/4C3H6N6.H4O7P2/c4*4-1-7-2(5)9-3(6)8-1;1-8(2,3)7-9(4,5)6/h4*(H6,4,5,6,7,8,9);(H2,1,2,3)(H2,4,5,6). The Morgan fingerprint density at radius 1 is 0.311 bits per heavy atom. The molecule has 0 bridgehead atoms. The highest BCUT2D eigenvalue weighted by atomic mass is 31.3. The second-order valence-electron chi connectivity index (χ2n) is 6.70. The van der Waals surface area contributed by atoms with Crippen molar-refractivity contribution in [2.75, 3.05) is 68.8 Å². The topological polar surface area (TPSA) is 591 Å². The molecular formula is C12H28N24O7P2. The van der Waals surface area contributed by atoms with Crippen LogP contribution in [0, 0.1) is 0 Å². The highest BCUT2D eigenvalue weighted by Gasteiger charge is 2.27. The summed E-state index contributed by atoms with van der Waals surface area (Å²) in [6, 6.07) is 0. The van der Waals surface area contributed by atoms with Gasteiger partial charge in [-0.1, -0.05) is 0 Å². The largest absolute Gasteiger partial charge is 0.478 e. The van der Waals surface area contributed by atoms with E-state index in [0.29, 0.717) is 0 Å². The molecule has 0 aliphatic carbocycles. The van der Waals surface area contributed by atoms with Gasteiger partial charge >= 0.3 is 15.6 Å². The molecule has 0 aliphatic rings. The van der Waals surface area contributed by atoms with Crippen LogP contribution in [0.3, 0.4) is 0 Å². The monoisotopic (exact) mass is 682 g/mol. The zero-order valence-electron chi connectivity index (χ0n) is 22.2. The Bertz CT molecular complexity index is 1210. The summed E-state index contributed by atoms with van der Waals surface area (Å²) in [5, 5.41) is 0. The first-order chi connectivity index (χ1) is 20.4. The van der Waals surface area contributed by atoms with Gasteiger partial charge in [0.2, 0.25) is 71.4 Å². The van der Waals surface area contributed by atoms with E-state index < -0.39 is 15.6 Å².